The van der Waals surface area contributed by atoms with Crippen molar-refractivity contribution < 1.29 is 0 Å². The molecule has 0 radical (unpaired) electrons. The molecule has 0 saturated heterocycles. The van der Waals surface area contributed by atoms with Crippen LogP contribution in [0.5, 0.6) is 0 Å². The van der Waals surface area contributed by atoms with Crippen LogP contribution in [0.25, 0.3) is 5.65 Å². The van der Waals surface area contributed by atoms with Crippen LogP contribution in [0.3, 0.4) is 0 Å². The van der Waals surface area contributed by atoms with Gasteiger partial charge in [-0.05, 0) is 32.9 Å². The number of aromatic nitrogens is 3. The van der Waals surface area contributed by atoms with E-state index >= 15 is 0 Å². The Morgan fingerprint density at radius 3 is 2.81 bits per heavy atom. The van der Waals surface area contributed by atoms with E-state index in [0.29, 0.717) is 5.95 Å². The first-order valence-electron chi connectivity index (χ1n) is 5.10. The van der Waals surface area contributed by atoms with Gasteiger partial charge in [-0.3, -0.25) is 0 Å². The lowest BCUT2D eigenvalue weighted by Crippen LogP contribution is -2.29. The molecule has 1 N–H and O–H groups in total. The maximum Gasteiger partial charge on any atom is 0.244 e. The number of aryl methyl sites for hydroxylation is 1. The van der Waals surface area contributed by atoms with Crippen LogP contribution in [0.2, 0.25) is 0 Å². The summed E-state index contributed by atoms with van der Waals surface area (Å²) in [4.78, 5) is 4.35. The van der Waals surface area contributed by atoms with E-state index in [1.54, 1.807) is 4.52 Å². The van der Waals surface area contributed by atoms with Crippen molar-refractivity contribution in [1.29, 1.82) is 0 Å². The molecule has 4 heteroatoms. The predicted molar refractivity (Wildman–Crippen MR) is 64.3 cm³/mol. The summed E-state index contributed by atoms with van der Waals surface area (Å²) < 4.78 is 1.79. The Hall–Kier alpha value is -2.02. The molecule has 2 heterocycles. The van der Waals surface area contributed by atoms with Gasteiger partial charge in [0.25, 0.3) is 0 Å². The van der Waals surface area contributed by atoms with Crippen LogP contribution >= 0.6 is 0 Å². The van der Waals surface area contributed by atoms with E-state index in [1.807, 2.05) is 39.0 Å². The number of nitrogens with zero attached hydrogens (tertiary/aromatic N) is 3. The molecule has 2 rings (SSSR count). The van der Waals surface area contributed by atoms with E-state index in [-0.39, 0.29) is 0 Å². The minimum absolute atomic E-state index is 0.446. The SMILES string of the molecule is C#CC(C)(C)Nc1nc2cccc(C)n2n1. The highest BCUT2D eigenvalue weighted by atomic mass is 15.4. The molecule has 82 valence electrons. The lowest BCUT2D eigenvalue weighted by Gasteiger charge is -2.17. The van der Waals surface area contributed by atoms with Crippen molar-refractivity contribution in [3.05, 3.63) is 23.9 Å². The van der Waals surface area contributed by atoms with Gasteiger partial charge in [0.05, 0.1) is 5.54 Å². The molecule has 0 aliphatic rings. The molecule has 0 amide bonds. The minimum atomic E-state index is -0.446. The van der Waals surface area contributed by atoms with Crippen LogP contribution < -0.4 is 5.32 Å². The van der Waals surface area contributed by atoms with Crippen LogP contribution in [0, 0.1) is 19.3 Å². The predicted octanol–water partition coefficient (Wildman–Crippen LogP) is 1.86. The first-order chi connectivity index (χ1) is 7.52. The van der Waals surface area contributed by atoms with Crippen molar-refractivity contribution in [3.8, 4) is 12.3 Å². The molecule has 0 bridgehead atoms. The van der Waals surface area contributed by atoms with Crippen molar-refractivity contribution in [2.75, 3.05) is 5.32 Å². The van der Waals surface area contributed by atoms with Gasteiger partial charge in [0.15, 0.2) is 5.65 Å². The van der Waals surface area contributed by atoms with Gasteiger partial charge in [-0.15, -0.1) is 11.5 Å². The van der Waals surface area contributed by atoms with Crippen molar-refractivity contribution in [2.24, 2.45) is 0 Å². The fourth-order valence-corrected chi connectivity index (χ4v) is 1.40. The summed E-state index contributed by atoms with van der Waals surface area (Å²) in [6.45, 7) is 5.80. The second-order valence-electron chi connectivity index (χ2n) is 4.27. The van der Waals surface area contributed by atoms with Crippen LogP contribution in [0.1, 0.15) is 19.5 Å². The van der Waals surface area contributed by atoms with Gasteiger partial charge < -0.3 is 5.32 Å². The van der Waals surface area contributed by atoms with Crippen LogP contribution in [-0.2, 0) is 0 Å². The molecule has 0 aliphatic heterocycles. The van der Waals surface area contributed by atoms with Crippen molar-refractivity contribution in [3.63, 3.8) is 0 Å². The third-order valence-corrected chi connectivity index (χ3v) is 2.33. The average molecular weight is 214 g/mol. The van der Waals surface area contributed by atoms with E-state index in [1.165, 1.54) is 0 Å². The number of hydrogen-bond donors (Lipinski definition) is 1. The van der Waals surface area contributed by atoms with E-state index < -0.39 is 5.54 Å². The number of anilines is 1. The Labute approximate surface area is 94.7 Å². The monoisotopic (exact) mass is 214 g/mol. The molecule has 0 spiro atoms. The smallest absolute Gasteiger partial charge is 0.244 e. The van der Waals surface area contributed by atoms with Crippen LogP contribution in [0.15, 0.2) is 18.2 Å². The van der Waals surface area contributed by atoms with Gasteiger partial charge in [0, 0.05) is 5.69 Å². The standard InChI is InChI=1S/C12H14N4/c1-5-12(3,4)14-11-13-10-8-6-7-9(2)16(10)15-11/h1,6-8H,2-4H3,(H,14,15). The van der Waals surface area contributed by atoms with Gasteiger partial charge in [0.2, 0.25) is 5.95 Å². The Morgan fingerprint density at radius 1 is 1.44 bits per heavy atom. The first-order valence-corrected chi connectivity index (χ1v) is 5.10. The minimum Gasteiger partial charge on any atom is -0.337 e. The number of fused-ring (bicyclic) bond motifs is 1. The highest BCUT2D eigenvalue weighted by Crippen LogP contribution is 2.12. The average Bonchev–Trinajstić information content (AvgIpc) is 2.61. The Bertz CT molecular complexity index is 560. The fraction of sp³-hybridized carbons (Fsp3) is 0.333. The summed E-state index contributed by atoms with van der Waals surface area (Å²) in [5, 5.41) is 7.45. The zero-order chi connectivity index (χ0) is 11.8. The second kappa shape index (κ2) is 3.53. The normalized spacial score (nSPS) is 11.4. The van der Waals surface area contributed by atoms with Crippen molar-refractivity contribution >= 4 is 11.6 Å². The molecular weight excluding hydrogens is 200 g/mol. The number of pyridine rings is 1. The Morgan fingerprint density at radius 2 is 2.19 bits per heavy atom. The fourth-order valence-electron chi connectivity index (χ4n) is 1.40. The van der Waals surface area contributed by atoms with Crippen molar-refractivity contribution in [2.45, 2.75) is 26.3 Å². The third-order valence-electron chi connectivity index (χ3n) is 2.33. The summed E-state index contributed by atoms with van der Waals surface area (Å²) in [6.07, 6.45) is 5.40. The lowest BCUT2D eigenvalue weighted by atomic mass is 10.1. The first kappa shape index (κ1) is 10.5. The molecule has 0 atom stereocenters. The zero-order valence-electron chi connectivity index (χ0n) is 9.65. The van der Waals surface area contributed by atoms with E-state index in [9.17, 15) is 0 Å². The maximum absolute atomic E-state index is 5.40. The number of rotatable bonds is 2. The number of hydrogen-bond acceptors (Lipinski definition) is 3. The molecule has 16 heavy (non-hydrogen) atoms. The summed E-state index contributed by atoms with van der Waals surface area (Å²) in [7, 11) is 0. The van der Waals surface area contributed by atoms with E-state index in [2.05, 4.69) is 21.3 Å². The van der Waals surface area contributed by atoms with Gasteiger partial charge >= 0.3 is 0 Å². The van der Waals surface area contributed by atoms with Crippen LogP contribution in [0.4, 0.5) is 5.95 Å². The summed E-state index contributed by atoms with van der Waals surface area (Å²) in [5.74, 6) is 3.20. The molecule has 2 aromatic rings. The van der Waals surface area contributed by atoms with Crippen molar-refractivity contribution in [1.82, 2.24) is 14.6 Å². The van der Waals surface area contributed by atoms with E-state index in [4.69, 9.17) is 6.42 Å². The van der Waals surface area contributed by atoms with Crippen LogP contribution in [-0.4, -0.2) is 20.1 Å². The number of terminal acetylenes is 1. The quantitative estimate of drug-likeness (QED) is 0.776. The third kappa shape index (κ3) is 1.84. The summed E-state index contributed by atoms with van der Waals surface area (Å²) in [6, 6.07) is 5.85. The summed E-state index contributed by atoms with van der Waals surface area (Å²) in [5.41, 5.74) is 1.41. The second-order valence-corrected chi connectivity index (χ2v) is 4.27. The molecular formula is C12H14N4. The zero-order valence-corrected chi connectivity index (χ0v) is 9.65. The van der Waals surface area contributed by atoms with Gasteiger partial charge in [-0.25, -0.2) is 4.52 Å². The molecule has 0 unspecified atom stereocenters. The molecule has 4 nitrogen and oxygen atoms in total. The number of nitrogens with one attached hydrogen (secondary N) is 1. The molecule has 0 aliphatic carbocycles. The highest BCUT2D eigenvalue weighted by molar-refractivity contribution is 5.46. The topological polar surface area (TPSA) is 42.2 Å². The molecule has 0 saturated carbocycles. The summed E-state index contributed by atoms with van der Waals surface area (Å²) >= 11 is 0. The van der Waals surface area contributed by atoms with Gasteiger partial charge in [-0.1, -0.05) is 12.0 Å². The Balaban J connectivity index is 2.42. The highest BCUT2D eigenvalue weighted by Gasteiger charge is 2.16. The molecule has 0 aromatic carbocycles. The molecule has 0 fully saturated rings. The Kier molecular flexibility index (Phi) is 2.31. The van der Waals surface area contributed by atoms with Gasteiger partial charge in [-0.2, -0.15) is 4.98 Å². The lowest BCUT2D eigenvalue weighted by molar-refractivity contribution is 0.727. The van der Waals surface area contributed by atoms with E-state index in [0.717, 1.165) is 11.3 Å². The van der Waals surface area contributed by atoms with Gasteiger partial charge in [0.1, 0.15) is 0 Å². The molecule has 2 aromatic heterocycles. The maximum atomic E-state index is 5.40. The largest absolute Gasteiger partial charge is 0.337 e.